The van der Waals surface area contributed by atoms with Crippen molar-refractivity contribution in [3.63, 3.8) is 0 Å². The molecule has 1 saturated heterocycles. The molecule has 3 rings (SSSR count). The lowest BCUT2D eigenvalue weighted by molar-refractivity contribution is -0.117. The molecule has 0 aliphatic carbocycles. The largest absolute Gasteiger partial charge is 0.375 e. The SMILES string of the molecule is CC(=O)NSc1nn(C)c(=O)cc1C[C@H]1CN(Cc2ccc(Cl)c(Cl)c2)CCO1. The predicted octanol–water partition coefficient (Wildman–Crippen LogP) is 2.67. The average Bonchev–Trinajstić information content (AvgIpc) is 2.66. The molecule has 1 N–H and O–H groups in total. The van der Waals surface area contributed by atoms with E-state index in [1.807, 2.05) is 12.1 Å². The van der Waals surface area contributed by atoms with Gasteiger partial charge in [-0.2, -0.15) is 5.10 Å². The summed E-state index contributed by atoms with van der Waals surface area (Å²) in [6, 6.07) is 7.19. The van der Waals surface area contributed by atoms with Crippen molar-refractivity contribution in [1.82, 2.24) is 19.4 Å². The molecule has 0 unspecified atom stereocenters. The third-order valence-corrected chi connectivity index (χ3v) is 6.15. The van der Waals surface area contributed by atoms with Crippen molar-refractivity contribution in [2.75, 3.05) is 19.7 Å². The molecule has 1 amide bonds. The Morgan fingerprint density at radius 3 is 2.86 bits per heavy atom. The van der Waals surface area contributed by atoms with E-state index >= 15 is 0 Å². The summed E-state index contributed by atoms with van der Waals surface area (Å²) in [6.07, 6.45) is 0.445. The van der Waals surface area contributed by atoms with Gasteiger partial charge in [0.25, 0.3) is 5.56 Å². The molecule has 1 fully saturated rings. The van der Waals surface area contributed by atoms with Gasteiger partial charge in [0.15, 0.2) is 0 Å². The van der Waals surface area contributed by atoms with Gasteiger partial charge in [-0.25, -0.2) is 4.68 Å². The number of carbonyl (C=O) groups excluding carboxylic acids is 1. The molecule has 0 radical (unpaired) electrons. The van der Waals surface area contributed by atoms with Crippen LogP contribution in [0.15, 0.2) is 34.1 Å². The van der Waals surface area contributed by atoms with Crippen molar-refractivity contribution < 1.29 is 9.53 Å². The van der Waals surface area contributed by atoms with Crippen LogP contribution in [0.5, 0.6) is 0 Å². The maximum absolute atomic E-state index is 12.1. The third-order valence-electron chi connectivity index (χ3n) is 4.48. The number of halogens is 2. The second-order valence-electron chi connectivity index (χ2n) is 6.88. The summed E-state index contributed by atoms with van der Waals surface area (Å²) in [5.41, 5.74) is 1.64. The lowest BCUT2D eigenvalue weighted by Crippen LogP contribution is -2.43. The minimum absolute atomic E-state index is 0.0860. The van der Waals surface area contributed by atoms with E-state index in [9.17, 15) is 9.59 Å². The molecular weight excluding hydrogens is 435 g/mol. The molecule has 1 aliphatic rings. The first-order valence-corrected chi connectivity index (χ1v) is 10.7. The summed E-state index contributed by atoms with van der Waals surface area (Å²) in [7, 11) is 1.58. The fourth-order valence-corrected chi connectivity index (χ4v) is 4.09. The van der Waals surface area contributed by atoms with E-state index in [1.54, 1.807) is 19.2 Å². The van der Waals surface area contributed by atoms with Gasteiger partial charge in [-0.1, -0.05) is 29.3 Å². The van der Waals surface area contributed by atoms with Crippen molar-refractivity contribution in [2.45, 2.75) is 31.0 Å². The molecule has 0 bridgehead atoms. The van der Waals surface area contributed by atoms with Crippen LogP contribution in [0, 0.1) is 0 Å². The summed E-state index contributed by atoms with van der Waals surface area (Å²) in [5.74, 6) is -0.182. The van der Waals surface area contributed by atoms with Gasteiger partial charge >= 0.3 is 0 Å². The number of nitrogens with one attached hydrogen (secondary N) is 1. The normalized spacial score (nSPS) is 17.3. The van der Waals surface area contributed by atoms with Gasteiger partial charge in [-0.3, -0.25) is 19.2 Å². The Labute approximate surface area is 183 Å². The second kappa shape index (κ2) is 9.95. The van der Waals surface area contributed by atoms with Crippen LogP contribution in [-0.2, 0) is 29.5 Å². The highest BCUT2D eigenvalue weighted by atomic mass is 35.5. The Hall–Kier alpha value is -1.58. The van der Waals surface area contributed by atoms with E-state index in [1.165, 1.54) is 11.6 Å². The minimum atomic E-state index is -0.198. The first-order valence-electron chi connectivity index (χ1n) is 9.10. The van der Waals surface area contributed by atoms with Crippen LogP contribution in [-0.4, -0.2) is 46.4 Å². The van der Waals surface area contributed by atoms with Crippen molar-refractivity contribution in [1.29, 1.82) is 0 Å². The summed E-state index contributed by atoms with van der Waals surface area (Å²) in [5, 5.41) is 5.94. The molecule has 156 valence electrons. The van der Waals surface area contributed by atoms with Crippen molar-refractivity contribution in [3.8, 4) is 0 Å². The first-order chi connectivity index (χ1) is 13.8. The topological polar surface area (TPSA) is 76.5 Å². The van der Waals surface area contributed by atoms with E-state index in [2.05, 4.69) is 14.7 Å². The number of ether oxygens (including phenoxy) is 1. The highest BCUT2D eigenvalue weighted by molar-refractivity contribution is 7.97. The van der Waals surface area contributed by atoms with Crippen LogP contribution >= 0.6 is 35.1 Å². The quantitative estimate of drug-likeness (QED) is 0.673. The Morgan fingerprint density at radius 1 is 1.34 bits per heavy atom. The van der Waals surface area contributed by atoms with E-state index < -0.39 is 0 Å². The number of carbonyl (C=O) groups is 1. The molecule has 29 heavy (non-hydrogen) atoms. The number of nitrogens with zero attached hydrogens (tertiary/aromatic N) is 3. The Balaban J connectivity index is 1.69. The smallest absolute Gasteiger partial charge is 0.266 e. The fraction of sp³-hybridized carbons (Fsp3) is 0.421. The van der Waals surface area contributed by atoms with Crippen molar-refractivity contribution in [3.05, 3.63) is 55.8 Å². The molecule has 1 atom stereocenters. The van der Waals surface area contributed by atoms with E-state index in [0.29, 0.717) is 34.6 Å². The molecule has 10 heteroatoms. The van der Waals surface area contributed by atoms with Crippen LogP contribution < -0.4 is 10.3 Å². The molecule has 1 aliphatic heterocycles. The molecule has 0 spiro atoms. The van der Waals surface area contributed by atoms with Crippen LogP contribution in [0.4, 0.5) is 0 Å². The maximum Gasteiger partial charge on any atom is 0.266 e. The third kappa shape index (κ3) is 6.20. The summed E-state index contributed by atoms with van der Waals surface area (Å²) in [6.45, 7) is 4.27. The van der Waals surface area contributed by atoms with Crippen LogP contribution in [0.25, 0.3) is 0 Å². The summed E-state index contributed by atoms with van der Waals surface area (Å²) >= 11 is 13.2. The van der Waals surface area contributed by atoms with Crippen LogP contribution in [0.3, 0.4) is 0 Å². The van der Waals surface area contributed by atoms with E-state index in [0.717, 1.165) is 36.2 Å². The number of rotatable bonds is 6. The molecule has 0 saturated carbocycles. The van der Waals surface area contributed by atoms with Crippen molar-refractivity contribution in [2.24, 2.45) is 7.05 Å². The zero-order chi connectivity index (χ0) is 21.0. The Morgan fingerprint density at radius 2 is 2.14 bits per heavy atom. The lowest BCUT2D eigenvalue weighted by atomic mass is 10.1. The zero-order valence-corrected chi connectivity index (χ0v) is 18.5. The van der Waals surface area contributed by atoms with Gasteiger partial charge in [0.1, 0.15) is 5.03 Å². The Bertz CT molecular complexity index is 954. The van der Waals surface area contributed by atoms with Gasteiger partial charge in [0.2, 0.25) is 5.91 Å². The lowest BCUT2D eigenvalue weighted by Gasteiger charge is -2.33. The van der Waals surface area contributed by atoms with Crippen LogP contribution in [0.1, 0.15) is 18.1 Å². The molecule has 1 aromatic heterocycles. The molecular formula is C19H22Cl2N4O3S. The van der Waals surface area contributed by atoms with Gasteiger partial charge in [0, 0.05) is 58.0 Å². The monoisotopic (exact) mass is 456 g/mol. The maximum atomic E-state index is 12.1. The van der Waals surface area contributed by atoms with E-state index in [4.69, 9.17) is 27.9 Å². The number of benzene rings is 1. The second-order valence-corrected chi connectivity index (χ2v) is 8.49. The van der Waals surface area contributed by atoms with Gasteiger partial charge in [-0.15, -0.1) is 0 Å². The number of amides is 1. The number of hydrogen-bond acceptors (Lipinski definition) is 6. The standard InChI is InChI=1S/C19H22Cl2N4O3S/c1-12(26)23-29-19-14(9-18(27)24(2)22-19)8-15-11-25(5-6-28-15)10-13-3-4-16(20)17(21)7-13/h3-4,7,9,15H,5-6,8,10-11H2,1-2H3,(H,23,26)/t15-/m0/s1. The predicted molar refractivity (Wildman–Crippen MR) is 114 cm³/mol. The van der Waals surface area contributed by atoms with Crippen molar-refractivity contribution >= 4 is 41.1 Å². The first kappa shape index (κ1) is 22.1. The number of hydrogen-bond donors (Lipinski definition) is 1. The summed E-state index contributed by atoms with van der Waals surface area (Å²) in [4.78, 5) is 25.6. The Kier molecular flexibility index (Phi) is 7.59. The van der Waals surface area contributed by atoms with Gasteiger partial charge in [0.05, 0.1) is 22.8 Å². The number of aromatic nitrogens is 2. The molecule has 2 heterocycles. The molecule has 2 aromatic rings. The molecule has 1 aromatic carbocycles. The number of aryl methyl sites for hydroxylation is 1. The van der Waals surface area contributed by atoms with Gasteiger partial charge < -0.3 is 4.74 Å². The highest BCUT2D eigenvalue weighted by Crippen LogP contribution is 2.24. The number of morpholine rings is 1. The fourth-order valence-electron chi connectivity index (χ4n) is 3.10. The summed E-state index contributed by atoms with van der Waals surface area (Å²) < 4.78 is 9.84. The molecule has 7 nitrogen and oxygen atoms in total. The van der Waals surface area contributed by atoms with E-state index in [-0.39, 0.29) is 17.6 Å². The minimum Gasteiger partial charge on any atom is -0.375 e. The zero-order valence-electron chi connectivity index (χ0n) is 16.2. The van der Waals surface area contributed by atoms with Gasteiger partial charge in [-0.05, 0) is 23.3 Å². The van der Waals surface area contributed by atoms with Crippen LogP contribution in [0.2, 0.25) is 10.0 Å². The average molecular weight is 457 g/mol. The highest BCUT2D eigenvalue weighted by Gasteiger charge is 2.23.